The number of guanidine groups is 1. The van der Waals surface area contributed by atoms with Gasteiger partial charge in [0.05, 0.1) is 12.2 Å². The molecule has 2 heterocycles. The van der Waals surface area contributed by atoms with Crippen molar-refractivity contribution in [2.75, 3.05) is 18.8 Å². The first kappa shape index (κ1) is 20.0. The first-order chi connectivity index (χ1) is 11.8. The zero-order valence-corrected chi connectivity index (χ0v) is 17.5. The minimum atomic E-state index is 0. The van der Waals surface area contributed by atoms with Crippen LogP contribution >= 0.6 is 35.7 Å². The van der Waals surface area contributed by atoms with Gasteiger partial charge in [0.2, 0.25) is 0 Å². The molecule has 3 rings (SSSR count). The predicted octanol–water partition coefficient (Wildman–Crippen LogP) is 2.84. The van der Waals surface area contributed by atoms with Gasteiger partial charge in [0.15, 0.2) is 5.96 Å². The van der Waals surface area contributed by atoms with Gasteiger partial charge in [-0.3, -0.25) is 0 Å². The zero-order valence-electron chi connectivity index (χ0n) is 14.4. The molecule has 0 spiro atoms. The van der Waals surface area contributed by atoms with Crippen molar-refractivity contribution in [1.29, 1.82) is 0 Å². The number of halogens is 1. The van der Waals surface area contributed by atoms with Gasteiger partial charge in [0.25, 0.3) is 0 Å². The number of hydrogen-bond acceptors (Lipinski definition) is 4. The van der Waals surface area contributed by atoms with Crippen molar-refractivity contribution in [3.63, 3.8) is 0 Å². The molecule has 25 heavy (non-hydrogen) atoms. The molecule has 8 heteroatoms. The van der Waals surface area contributed by atoms with Crippen molar-refractivity contribution in [1.82, 2.24) is 25.4 Å². The largest absolute Gasteiger partial charge is 0.357 e. The van der Waals surface area contributed by atoms with Crippen LogP contribution in [0.3, 0.4) is 0 Å². The van der Waals surface area contributed by atoms with Crippen molar-refractivity contribution in [3.8, 4) is 5.69 Å². The van der Waals surface area contributed by atoms with E-state index in [1.54, 1.807) is 11.0 Å². The number of benzene rings is 1. The van der Waals surface area contributed by atoms with Crippen molar-refractivity contribution in [2.24, 2.45) is 4.99 Å². The highest BCUT2D eigenvalue weighted by Crippen LogP contribution is 2.25. The fraction of sp³-hybridized carbons (Fsp3) is 0.471. The molecule has 0 amide bonds. The Bertz CT molecular complexity index is 638. The summed E-state index contributed by atoms with van der Waals surface area (Å²) in [7, 11) is 0. The molecule has 1 atom stereocenters. The number of aliphatic imine (C=N–C) groups is 1. The number of rotatable bonds is 6. The monoisotopic (exact) mass is 472 g/mol. The molecule has 1 fully saturated rings. The zero-order chi connectivity index (χ0) is 16.6. The van der Waals surface area contributed by atoms with E-state index in [2.05, 4.69) is 56.5 Å². The highest BCUT2D eigenvalue weighted by Gasteiger charge is 2.15. The van der Waals surface area contributed by atoms with Gasteiger partial charge in [-0.2, -0.15) is 16.9 Å². The highest BCUT2D eigenvalue weighted by molar-refractivity contribution is 14.0. The van der Waals surface area contributed by atoms with Crippen LogP contribution in [0.1, 0.15) is 25.3 Å². The van der Waals surface area contributed by atoms with Gasteiger partial charge in [0.1, 0.15) is 12.7 Å². The van der Waals surface area contributed by atoms with E-state index >= 15 is 0 Å². The normalized spacial score (nSPS) is 17.2. The minimum Gasteiger partial charge on any atom is -0.357 e. The Morgan fingerprint density at radius 2 is 2.16 bits per heavy atom. The molecule has 0 aliphatic carbocycles. The van der Waals surface area contributed by atoms with Gasteiger partial charge in [-0.25, -0.2) is 14.7 Å². The quantitative estimate of drug-likeness (QED) is 0.385. The van der Waals surface area contributed by atoms with Crippen LogP contribution in [-0.4, -0.2) is 44.8 Å². The van der Waals surface area contributed by atoms with E-state index in [1.165, 1.54) is 30.5 Å². The standard InChI is InChI=1S/C17H24N6S.HI/c1-2-19-17(21-11-16-4-3-9-24-16)20-10-14-5-7-15(8-6-14)23-13-18-12-22-23;/h5-8,12-13,16H,2-4,9-11H2,1H3,(H2,19,20,21);1H. The lowest BCUT2D eigenvalue weighted by molar-refractivity contribution is 0.727. The molecule has 1 aromatic carbocycles. The van der Waals surface area contributed by atoms with Crippen molar-refractivity contribution >= 4 is 41.7 Å². The summed E-state index contributed by atoms with van der Waals surface area (Å²) in [6.45, 7) is 4.61. The van der Waals surface area contributed by atoms with Crippen LogP contribution in [0.15, 0.2) is 41.9 Å². The lowest BCUT2D eigenvalue weighted by Gasteiger charge is -2.14. The number of nitrogens with one attached hydrogen (secondary N) is 2. The van der Waals surface area contributed by atoms with E-state index in [9.17, 15) is 0 Å². The molecular weight excluding hydrogens is 447 g/mol. The van der Waals surface area contributed by atoms with E-state index in [0.29, 0.717) is 6.54 Å². The lowest BCUT2D eigenvalue weighted by atomic mass is 10.2. The second-order valence-corrected chi connectivity index (χ2v) is 7.13. The second kappa shape index (κ2) is 10.6. The third kappa shape index (κ3) is 6.18. The van der Waals surface area contributed by atoms with Crippen LogP contribution in [0.2, 0.25) is 0 Å². The average molecular weight is 472 g/mol. The predicted molar refractivity (Wildman–Crippen MR) is 115 cm³/mol. The summed E-state index contributed by atoms with van der Waals surface area (Å²) < 4.78 is 1.75. The Morgan fingerprint density at radius 3 is 2.80 bits per heavy atom. The van der Waals surface area contributed by atoms with Gasteiger partial charge < -0.3 is 10.6 Å². The summed E-state index contributed by atoms with van der Waals surface area (Å²) in [5, 5.41) is 11.6. The number of aromatic nitrogens is 3. The fourth-order valence-corrected chi connectivity index (χ4v) is 3.82. The van der Waals surface area contributed by atoms with Gasteiger partial charge in [-0.15, -0.1) is 24.0 Å². The summed E-state index contributed by atoms with van der Waals surface area (Å²) in [5.41, 5.74) is 2.18. The molecular formula is C17H25IN6S. The first-order valence-corrected chi connectivity index (χ1v) is 9.47. The van der Waals surface area contributed by atoms with Gasteiger partial charge in [-0.05, 0) is 43.2 Å². The highest BCUT2D eigenvalue weighted by atomic mass is 127. The third-order valence-electron chi connectivity index (χ3n) is 3.90. The van der Waals surface area contributed by atoms with E-state index in [1.807, 2.05) is 12.1 Å². The average Bonchev–Trinajstić information content (AvgIpc) is 3.31. The van der Waals surface area contributed by atoms with Gasteiger partial charge >= 0.3 is 0 Å². The molecule has 0 saturated carbocycles. The molecule has 6 nitrogen and oxygen atoms in total. The fourth-order valence-electron chi connectivity index (χ4n) is 2.62. The summed E-state index contributed by atoms with van der Waals surface area (Å²) in [6.07, 6.45) is 5.88. The van der Waals surface area contributed by atoms with Crippen LogP contribution in [0.5, 0.6) is 0 Å². The summed E-state index contributed by atoms with van der Waals surface area (Å²) in [5.74, 6) is 2.18. The van der Waals surface area contributed by atoms with Gasteiger partial charge in [-0.1, -0.05) is 12.1 Å². The molecule has 1 saturated heterocycles. The van der Waals surface area contributed by atoms with E-state index in [4.69, 9.17) is 0 Å². The lowest BCUT2D eigenvalue weighted by Crippen LogP contribution is -2.40. The smallest absolute Gasteiger partial charge is 0.191 e. The van der Waals surface area contributed by atoms with Crippen molar-refractivity contribution in [2.45, 2.75) is 31.6 Å². The van der Waals surface area contributed by atoms with Crippen LogP contribution in [0.25, 0.3) is 5.69 Å². The summed E-state index contributed by atoms with van der Waals surface area (Å²) in [6, 6.07) is 8.23. The topological polar surface area (TPSA) is 67.1 Å². The molecule has 136 valence electrons. The Hall–Kier alpha value is -1.29. The molecule has 0 bridgehead atoms. The molecule has 1 aromatic heterocycles. The molecule has 2 aromatic rings. The maximum Gasteiger partial charge on any atom is 0.191 e. The SMILES string of the molecule is CCNC(=NCc1ccc(-n2cncn2)cc1)NCC1CCCS1.I. The Labute approximate surface area is 170 Å². The maximum atomic E-state index is 4.69. The van der Waals surface area contributed by atoms with Crippen molar-refractivity contribution in [3.05, 3.63) is 42.5 Å². The number of nitrogens with zero attached hydrogens (tertiary/aromatic N) is 4. The van der Waals surface area contributed by atoms with E-state index in [0.717, 1.165) is 30.0 Å². The van der Waals surface area contributed by atoms with Crippen LogP contribution < -0.4 is 10.6 Å². The Balaban J connectivity index is 0.00000225. The molecule has 0 radical (unpaired) electrons. The van der Waals surface area contributed by atoms with Crippen LogP contribution in [-0.2, 0) is 6.54 Å². The van der Waals surface area contributed by atoms with Crippen molar-refractivity contribution < 1.29 is 0 Å². The minimum absolute atomic E-state index is 0. The second-order valence-electron chi connectivity index (χ2n) is 5.72. The summed E-state index contributed by atoms with van der Waals surface area (Å²) >= 11 is 2.06. The summed E-state index contributed by atoms with van der Waals surface area (Å²) in [4.78, 5) is 8.65. The molecule has 2 N–H and O–H groups in total. The van der Waals surface area contributed by atoms with E-state index in [-0.39, 0.29) is 24.0 Å². The number of thioether (sulfide) groups is 1. The molecule has 1 aliphatic heterocycles. The Morgan fingerprint density at radius 1 is 1.32 bits per heavy atom. The van der Waals surface area contributed by atoms with E-state index < -0.39 is 0 Å². The first-order valence-electron chi connectivity index (χ1n) is 8.43. The van der Waals surface area contributed by atoms with Gasteiger partial charge in [0, 0.05) is 18.3 Å². The Kier molecular flexibility index (Phi) is 8.53. The maximum absolute atomic E-state index is 4.69. The molecule has 1 unspecified atom stereocenters. The number of hydrogen-bond donors (Lipinski definition) is 2. The molecule has 1 aliphatic rings. The van der Waals surface area contributed by atoms with Crippen LogP contribution in [0, 0.1) is 0 Å². The van der Waals surface area contributed by atoms with Crippen LogP contribution in [0.4, 0.5) is 0 Å². The third-order valence-corrected chi connectivity index (χ3v) is 5.30.